The number of hydrogen-bond acceptors (Lipinski definition) is 4. The molecule has 138 valence electrons. The largest absolute Gasteiger partial charge is 0.462 e. The molecule has 0 aliphatic heterocycles. The van der Waals surface area contributed by atoms with Crippen LogP contribution in [0.5, 0.6) is 0 Å². The zero-order chi connectivity index (χ0) is 19.0. The van der Waals surface area contributed by atoms with Crippen molar-refractivity contribution in [2.75, 3.05) is 19.7 Å². The number of ether oxygens (including phenoxy) is 1. The van der Waals surface area contributed by atoms with E-state index in [0.717, 1.165) is 5.56 Å². The SMILES string of the molecule is C=CCN(CCc1ccccc1)S(=O)(=O)c1ccc(C(=O)OCC)cc1. The molecule has 0 saturated carbocycles. The Kier molecular flexibility index (Phi) is 7.12. The molecule has 0 saturated heterocycles. The van der Waals surface area contributed by atoms with Crippen molar-refractivity contribution in [2.45, 2.75) is 18.2 Å². The first-order valence-corrected chi connectivity index (χ1v) is 9.85. The molecule has 0 fully saturated rings. The molecule has 26 heavy (non-hydrogen) atoms. The van der Waals surface area contributed by atoms with Crippen LogP contribution in [0.3, 0.4) is 0 Å². The van der Waals surface area contributed by atoms with Crippen molar-refractivity contribution in [1.82, 2.24) is 4.31 Å². The monoisotopic (exact) mass is 373 g/mol. The highest BCUT2D eigenvalue weighted by Crippen LogP contribution is 2.18. The van der Waals surface area contributed by atoms with Crippen LogP contribution in [0.2, 0.25) is 0 Å². The minimum absolute atomic E-state index is 0.139. The van der Waals surface area contributed by atoms with Crippen LogP contribution in [-0.4, -0.2) is 38.4 Å². The van der Waals surface area contributed by atoms with Gasteiger partial charge < -0.3 is 4.74 Å². The predicted octanol–water partition coefficient (Wildman–Crippen LogP) is 3.28. The van der Waals surface area contributed by atoms with Crippen LogP contribution >= 0.6 is 0 Å². The second-order valence-electron chi connectivity index (χ2n) is 5.63. The van der Waals surface area contributed by atoms with Crippen molar-refractivity contribution in [3.05, 3.63) is 78.4 Å². The van der Waals surface area contributed by atoms with Crippen LogP contribution in [0.25, 0.3) is 0 Å². The van der Waals surface area contributed by atoms with Crippen LogP contribution in [-0.2, 0) is 21.2 Å². The number of nitrogens with zero attached hydrogens (tertiary/aromatic N) is 1. The van der Waals surface area contributed by atoms with E-state index >= 15 is 0 Å². The zero-order valence-electron chi connectivity index (χ0n) is 14.8. The van der Waals surface area contributed by atoms with E-state index in [-0.39, 0.29) is 18.0 Å². The van der Waals surface area contributed by atoms with E-state index in [1.54, 1.807) is 13.0 Å². The summed E-state index contributed by atoms with van der Waals surface area (Å²) in [6, 6.07) is 15.5. The molecular weight excluding hydrogens is 350 g/mol. The summed E-state index contributed by atoms with van der Waals surface area (Å²) < 4.78 is 32.1. The van der Waals surface area contributed by atoms with Gasteiger partial charge in [-0.05, 0) is 43.2 Å². The molecule has 0 unspecified atom stereocenters. The molecule has 0 radical (unpaired) electrons. The van der Waals surface area contributed by atoms with Crippen molar-refractivity contribution in [3.63, 3.8) is 0 Å². The Bertz CT molecular complexity index is 830. The maximum Gasteiger partial charge on any atom is 0.338 e. The molecule has 0 amide bonds. The lowest BCUT2D eigenvalue weighted by atomic mass is 10.1. The van der Waals surface area contributed by atoms with Gasteiger partial charge in [-0.15, -0.1) is 6.58 Å². The molecule has 6 heteroatoms. The highest BCUT2D eigenvalue weighted by Gasteiger charge is 2.23. The third kappa shape index (κ3) is 5.03. The van der Waals surface area contributed by atoms with E-state index < -0.39 is 16.0 Å². The Morgan fingerprint density at radius 1 is 1.12 bits per heavy atom. The Morgan fingerprint density at radius 3 is 2.35 bits per heavy atom. The first kappa shape index (κ1) is 19.9. The predicted molar refractivity (Wildman–Crippen MR) is 102 cm³/mol. The number of hydrogen-bond donors (Lipinski definition) is 0. The van der Waals surface area contributed by atoms with Gasteiger partial charge in [0.15, 0.2) is 0 Å². The minimum atomic E-state index is -3.68. The summed E-state index contributed by atoms with van der Waals surface area (Å²) in [4.78, 5) is 11.8. The van der Waals surface area contributed by atoms with Crippen molar-refractivity contribution < 1.29 is 17.9 Å². The topological polar surface area (TPSA) is 63.7 Å². The summed E-state index contributed by atoms with van der Waals surface area (Å²) in [5, 5.41) is 0. The van der Waals surface area contributed by atoms with Crippen LogP contribution in [0, 0.1) is 0 Å². The van der Waals surface area contributed by atoms with Gasteiger partial charge in [0.1, 0.15) is 0 Å². The van der Waals surface area contributed by atoms with Gasteiger partial charge in [-0.25, -0.2) is 13.2 Å². The highest BCUT2D eigenvalue weighted by atomic mass is 32.2. The molecule has 2 aromatic rings. The summed E-state index contributed by atoms with van der Waals surface area (Å²) >= 11 is 0. The molecule has 0 heterocycles. The van der Waals surface area contributed by atoms with E-state index in [1.165, 1.54) is 28.6 Å². The number of rotatable bonds is 9. The standard InChI is InChI=1S/C20H23NO4S/c1-3-15-21(16-14-17-8-6-5-7-9-17)26(23,24)19-12-10-18(11-13-19)20(22)25-4-2/h3,5-13H,1,4,14-16H2,2H3. The van der Waals surface area contributed by atoms with Gasteiger partial charge in [0, 0.05) is 13.1 Å². The molecular formula is C20H23NO4S. The lowest BCUT2D eigenvalue weighted by Crippen LogP contribution is -2.33. The lowest BCUT2D eigenvalue weighted by molar-refractivity contribution is 0.0526. The van der Waals surface area contributed by atoms with Gasteiger partial charge in [0.25, 0.3) is 0 Å². The van der Waals surface area contributed by atoms with Gasteiger partial charge in [0.05, 0.1) is 17.1 Å². The zero-order valence-corrected chi connectivity index (χ0v) is 15.6. The number of esters is 1. The average molecular weight is 373 g/mol. The highest BCUT2D eigenvalue weighted by molar-refractivity contribution is 7.89. The third-order valence-electron chi connectivity index (χ3n) is 3.83. The Labute approximate surface area is 155 Å². The summed E-state index contributed by atoms with van der Waals surface area (Å²) in [5.74, 6) is -0.469. The van der Waals surface area contributed by atoms with Crippen LogP contribution < -0.4 is 0 Å². The van der Waals surface area contributed by atoms with E-state index in [9.17, 15) is 13.2 Å². The molecule has 0 atom stereocenters. The van der Waals surface area contributed by atoms with Crippen molar-refractivity contribution in [3.8, 4) is 0 Å². The summed E-state index contributed by atoms with van der Waals surface area (Å²) in [6.45, 7) is 6.20. The van der Waals surface area contributed by atoms with Crippen molar-refractivity contribution in [2.24, 2.45) is 0 Å². The lowest BCUT2D eigenvalue weighted by Gasteiger charge is -2.21. The quantitative estimate of drug-likeness (QED) is 0.500. The van der Waals surface area contributed by atoms with Crippen LogP contribution in [0.1, 0.15) is 22.8 Å². The van der Waals surface area contributed by atoms with Gasteiger partial charge in [-0.3, -0.25) is 0 Å². The number of benzene rings is 2. The Hall–Kier alpha value is -2.44. The Balaban J connectivity index is 2.17. The summed E-state index contributed by atoms with van der Waals surface area (Å²) in [5.41, 5.74) is 1.39. The fraction of sp³-hybridized carbons (Fsp3) is 0.250. The molecule has 2 rings (SSSR count). The fourth-order valence-electron chi connectivity index (χ4n) is 2.48. The molecule has 0 aliphatic carbocycles. The van der Waals surface area contributed by atoms with E-state index in [4.69, 9.17) is 4.74 Å². The fourth-order valence-corrected chi connectivity index (χ4v) is 3.89. The Morgan fingerprint density at radius 2 is 1.77 bits per heavy atom. The molecule has 0 aliphatic rings. The van der Waals surface area contributed by atoms with Crippen molar-refractivity contribution >= 4 is 16.0 Å². The second kappa shape index (κ2) is 9.31. The molecule has 5 nitrogen and oxygen atoms in total. The van der Waals surface area contributed by atoms with Crippen LogP contribution in [0.15, 0.2) is 72.1 Å². The first-order valence-electron chi connectivity index (χ1n) is 8.41. The van der Waals surface area contributed by atoms with Gasteiger partial charge in [-0.2, -0.15) is 4.31 Å². The van der Waals surface area contributed by atoms with Gasteiger partial charge in [0.2, 0.25) is 10.0 Å². The maximum atomic E-state index is 12.9. The normalized spacial score (nSPS) is 11.3. The maximum absolute atomic E-state index is 12.9. The summed E-state index contributed by atoms with van der Waals surface area (Å²) in [7, 11) is -3.68. The average Bonchev–Trinajstić information content (AvgIpc) is 2.66. The van der Waals surface area contributed by atoms with E-state index in [1.807, 2.05) is 30.3 Å². The smallest absolute Gasteiger partial charge is 0.338 e. The van der Waals surface area contributed by atoms with Crippen LogP contribution in [0.4, 0.5) is 0 Å². The molecule has 0 bridgehead atoms. The number of carbonyl (C=O) groups is 1. The minimum Gasteiger partial charge on any atom is -0.462 e. The second-order valence-corrected chi connectivity index (χ2v) is 7.57. The van der Waals surface area contributed by atoms with E-state index in [2.05, 4.69) is 6.58 Å². The van der Waals surface area contributed by atoms with Gasteiger partial charge >= 0.3 is 5.97 Å². The molecule has 0 aromatic heterocycles. The van der Waals surface area contributed by atoms with E-state index in [0.29, 0.717) is 18.5 Å². The first-order chi connectivity index (χ1) is 12.5. The summed E-state index contributed by atoms with van der Waals surface area (Å²) in [6.07, 6.45) is 2.17. The molecule has 2 aromatic carbocycles. The number of sulfonamides is 1. The molecule has 0 N–H and O–H groups in total. The number of carbonyl (C=O) groups excluding carboxylic acids is 1. The van der Waals surface area contributed by atoms with Crippen molar-refractivity contribution in [1.29, 1.82) is 0 Å². The third-order valence-corrected chi connectivity index (χ3v) is 5.71. The van der Waals surface area contributed by atoms with Gasteiger partial charge in [-0.1, -0.05) is 36.4 Å². The molecule has 0 spiro atoms.